The van der Waals surface area contributed by atoms with E-state index in [9.17, 15) is 19.5 Å². The molecule has 0 fully saturated rings. The number of fused-ring (bicyclic) bond motifs is 3. The van der Waals surface area contributed by atoms with Crippen molar-refractivity contribution in [2.24, 2.45) is 0 Å². The molecule has 0 radical (unpaired) electrons. The molecule has 35 heavy (non-hydrogen) atoms. The van der Waals surface area contributed by atoms with Crippen molar-refractivity contribution in [1.29, 1.82) is 0 Å². The lowest BCUT2D eigenvalue weighted by atomic mass is 9.98. The third-order valence-corrected chi connectivity index (χ3v) is 7.66. The first-order valence-corrected chi connectivity index (χ1v) is 15.6. The highest BCUT2D eigenvalue weighted by Crippen LogP contribution is 2.44. The van der Waals surface area contributed by atoms with Gasteiger partial charge in [0.1, 0.15) is 12.6 Å². The minimum atomic E-state index is -1.28. The number of carbonyl (C=O) groups is 3. The number of benzene rings is 2. The van der Waals surface area contributed by atoms with Crippen molar-refractivity contribution in [2.75, 3.05) is 19.8 Å². The molecular weight excluding hydrogens is 464 g/mol. The van der Waals surface area contributed by atoms with E-state index in [1.807, 2.05) is 48.5 Å². The fourth-order valence-electron chi connectivity index (χ4n) is 4.04. The zero-order valence-electron chi connectivity index (χ0n) is 20.5. The SMILES string of the molecule is C[Si](C)(C)CCOC(=O)NCCC[C@H](NC(=O)OCC1c2ccccc2-c2ccccc21)C(=O)O. The third kappa shape index (κ3) is 7.58. The summed E-state index contributed by atoms with van der Waals surface area (Å²) in [6.07, 6.45) is -0.782. The minimum Gasteiger partial charge on any atom is -0.480 e. The van der Waals surface area contributed by atoms with Crippen LogP contribution in [0.1, 0.15) is 29.9 Å². The second-order valence-corrected chi connectivity index (χ2v) is 15.5. The van der Waals surface area contributed by atoms with Crippen LogP contribution in [0.2, 0.25) is 25.7 Å². The maximum absolute atomic E-state index is 12.4. The molecule has 1 atom stereocenters. The predicted octanol–water partition coefficient (Wildman–Crippen LogP) is 4.82. The Morgan fingerprint density at radius 2 is 1.54 bits per heavy atom. The number of hydrogen-bond acceptors (Lipinski definition) is 5. The molecule has 0 saturated heterocycles. The number of carboxylic acids is 1. The number of carbonyl (C=O) groups excluding carboxylic acids is 2. The molecule has 9 heteroatoms. The van der Waals surface area contributed by atoms with Crippen LogP contribution < -0.4 is 10.6 Å². The quantitative estimate of drug-likeness (QED) is 0.302. The Morgan fingerprint density at radius 3 is 2.11 bits per heavy atom. The van der Waals surface area contributed by atoms with Crippen LogP contribution in [-0.2, 0) is 14.3 Å². The van der Waals surface area contributed by atoms with Crippen molar-refractivity contribution in [2.45, 2.75) is 50.5 Å². The average molecular weight is 499 g/mol. The molecule has 188 valence electrons. The molecule has 1 aliphatic rings. The lowest BCUT2D eigenvalue weighted by Crippen LogP contribution is -2.42. The van der Waals surface area contributed by atoms with E-state index in [2.05, 4.69) is 30.3 Å². The number of alkyl carbamates (subject to hydrolysis) is 2. The predicted molar refractivity (Wildman–Crippen MR) is 136 cm³/mol. The lowest BCUT2D eigenvalue weighted by Gasteiger charge is -2.18. The van der Waals surface area contributed by atoms with E-state index in [1.54, 1.807) is 0 Å². The van der Waals surface area contributed by atoms with E-state index >= 15 is 0 Å². The van der Waals surface area contributed by atoms with Gasteiger partial charge in [-0.1, -0.05) is 68.2 Å². The Bertz CT molecular complexity index is 1010. The Morgan fingerprint density at radius 1 is 0.943 bits per heavy atom. The van der Waals surface area contributed by atoms with Gasteiger partial charge in [0.2, 0.25) is 0 Å². The van der Waals surface area contributed by atoms with Crippen molar-refractivity contribution in [3.63, 3.8) is 0 Å². The first-order chi connectivity index (χ1) is 16.7. The Balaban J connectivity index is 1.44. The molecule has 0 heterocycles. The van der Waals surface area contributed by atoms with Gasteiger partial charge in [-0.05, 0) is 41.1 Å². The van der Waals surface area contributed by atoms with Gasteiger partial charge in [0, 0.05) is 20.5 Å². The molecular formula is C26H34N2O6Si. The Kier molecular flexibility index (Phi) is 8.92. The van der Waals surface area contributed by atoms with E-state index in [4.69, 9.17) is 9.47 Å². The molecule has 0 spiro atoms. The summed E-state index contributed by atoms with van der Waals surface area (Å²) >= 11 is 0. The molecule has 2 amide bonds. The summed E-state index contributed by atoms with van der Waals surface area (Å²) in [5, 5.41) is 14.5. The average Bonchev–Trinajstić information content (AvgIpc) is 3.12. The number of carboxylic acid groups (broad SMARTS) is 1. The monoisotopic (exact) mass is 498 g/mol. The van der Waals surface area contributed by atoms with Crippen LogP contribution >= 0.6 is 0 Å². The van der Waals surface area contributed by atoms with Crippen molar-refractivity contribution in [3.8, 4) is 11.1 Å². The van der Waals surface area contributed by atoms with Crippen LogP contribution in [0.4, 0.5) is 9.59 Å². The first-order valence-electron chi connectivity index (χ1n) is 11.9. The van der Waals surface area contributed by atoms with E-state index < -0.39 is 32.3 Å². The topological polar surface area (TPSA) is 114 Å². The normalized spacial score (nSPS) is 13.3. The highest BCUT2D eigenvalue weighted by atomic mass is 28.3. The van der Waals surface area contributed by atoms with Crippen LogP contribution in [0.15, 0.2) is 48.5 Å². The van der Waals surface area contributed by atoms with Crippen LogP contribution in [0.5, 0.6) is 0 Å². The van der Waals surface area contributed by atoms with Gasteiger partial charge in [-0.2, -0.15) is 0 Å². The third-order valence-electron chi connectivity index (χ3n) is 5.96. The number of rotatable bonds is 11. The Labute approximate surface area is 207 Å². The van der Waals surface area contributed by atoms with Gasteiger partial charge in [0.05, 0.1) is 6.61 Å². The molecule has 1 aliphatic carbocycles. The van der Waals surface area contributed by atoms with E-state index in [-0.39, 0.29) is 25.5 Å². The van der Waals surface area contributed by atoms with E-state index in [1.165, 1.54) is 0 Å². The zero-order valence-corrected chi connectivity index (χ0v) is 21.5. The maximum Gasteiger partial charge on any atom is 0.407 e. The fourth-order valence-corrected chi connectivity index (χ4v) is 4.75. The molecule has 3 N–H and O–H groups in total. The number of aliphatic carboxylic acids is 1. The van der Waals surface area contributed by atoms with Crippen LogP contribution in [-0.4, -0.2) is 57.1 Å². The van der Waals surface area contributed by atoms with E-state index in [0.29, 0.717) is 13.0 Å². The van der Waals surface area contributed by atoms with Crippen molar-refractivity contribution in [1.82, 2.24) is 10.6 Å². The maximum atomic E-state index is 12.4. The summed E-state index contributed by atoms with van der Waals surface area (Å²) in [7, 11) is -1.28. The van der Waals surface area contributed by atoms with Gasteiger partial charge in [-0.15, -0.1) is 0 Å². The Hall–Kier alpha value is -3.33. The molecule has 0 bridgehead atoms. The number of hydrogen-bond donors (Lipinski definition) is 3. The molecule has 0 saturated carbocycles. The number of amides is 2. The molecule has 0 aliphatic heterocycles. The highest BCUT2D eigenvalue weighted by Gasteiger charge is 2.29. The number of nitrogens with one attached hydrogen (secondary N) is 2. The molecule has 0 unspecified atom stereocenters. The summed E-state index contributed by atoms with van der Waals surface area (Å²) < 4.78 is 10.6. The van der Waals surface area contributed by atoms with Crippen LogP contribution in [0.3, 0.4) is 0 Å². The van der Waals surface area contributed by atoms with Crippen molar-refractivity contribution < 1.29 is 29.0 Å². The summed E-state index contributed by atoms with van der Waals surface area (Å²) in [4.78, 5) is 35.8. The largest absolute Gasteiger partial charge is 0.480 e. The highest BCUT2D eigenvalue weighted by molar-refractivity contribution is 6.76. The second-order valence-electron chi connectivity index (χ2n) is 9.88. The molecule has 2 aromatic carbocycles. The summed E-state index contributed by atoms with van der Waals surface area (Å²) in [5.41, 5.74) is 4.40. The van der Waals surface area contributed by atoms with Gasteiger partial charge in [-0.25, -0.2) is 14.4 Å². The molecule has 2 aromatic rings. The number of ether oxygens (including phenoxy) is 2. The smallest absolute Gasteiger partial charge is 0.407 e. The van der Waals surface area contributed by atoms with Crippen LogP contribution in [0.25, 0.3) is 11.1 Å². The van der Waals surface area contributed by atoms with Gasteiger partial charge in [0.25, 0.3) is 0 Å². The van der Waals surface area contributed by atoms with Gasteiger partial charge in [0.15, 0.2) is 0 Å². The van der Waals surface area contributed by atoms with Gasteiger partial charge < -0.3 is 25.2 Å². The summed E-state index contributed by atoms with van der Waals surface area (Å²) in [5.74, 6) is -1.26. The molecule has 8 nitrogen and oxygen atoms in total. The lowest BCUT2D eigenvalue weighted by molar-refractivity contribution is -0.139. The van der Waals surface area contributed by atoms with Crippen molar-refractivity contribution >= 4 is 26.2 Å². The standard InChI is InChI=1S/C26H34N2O6Si/c1-35(2,3)16-15-33-25(31)27-14-8-13-23(24(29)30)28-26(32)34-17-22-20-11-6-4-9-18(20)19-10-5-7-12-21(19)22/h4-7,9-12,22-23H,8,13-17H2,1-3H3,(H,27,31)(H,28,32)(H,29,30)/t23-/m0/s1. The molecule has 0 aromatic heterocycles. The minimum absolute atomic E-state index is 0.104. The zero-order chi connectivity index (χ0) is 25.4. The van der Waals surface area contributed by atoms with E-state index in [0.717, 1.165) is 28.3 Å². The van der Waals surface area contributed by atoms with Gasteiger partial charge >= 0.3 is 18.2 Å². The van der Waals surface area contributed by atoms with Crippen LogP contribution in [0, 0.1) is 0 Å². The van der Waals surface area contributed by atoms with Crippen molar-refractivity contribution in [3.05, 3.63) is 59.7 Å². The summed E-state index contributed by atoms with van der Waals surface area (Å²) in [6, 6.07) is 15.8. The fraction of sp³-hybridized carbons (Fsp3) is 0.423. The molecule has 3 rings (SSSR count). The first kappa shape index (κ1) is 26.3. The van der Waals surface area contributed by atoms with Gasteiger partial charge in [-0.3, -0.25) is 0 Å². The second kappa shape index (κ2) is 11.9. The summed E-state index contributed by atoms with van der Waals surface area (Å²) in [6.45, 7) is 7.33.